The lowest BCUT2D eigenvalue weighted by molar-refractivity contribution is -0.154. The molecule has 1 aromatic carbocycles. The van der Waals surface area contributed by atoms with Gasteiger partial charge in [0, 0.05) is 11.8 Å². The fourth-order valence-electron chi connectivity index (χ4n) is 4.84. The molecule has 3 fully saturated rings. The second-order valence-corrected chi connectivity index (χ2v) is 7.59. The number of imide groups is 1. The second kappa shape index (κ2) is 7.26. The summed E-state index contributed by atoms with van der Waals surface area (Å²) >= 11 is 0. The number of fused-ring (bicyclic) bond motifs is 5. The van der Waals surface area contributed by atoms with E-state index in [1.807, 2.05) is 0 Å². The number of carbonyl (C=O) groups excluding carboxylic acids is 4. The molecule has 3 aliphatic rings. The second-order valence-electron chi connectivity index (χ2n) is 7.59. The molecule has 4 atom stereocenters. The van der Waals surface area contributed by atoms with Crippen LogP contribution in [0.1, 0.15) is 19.3 Å². The standard InChI is InChI=1S/C20H22N2O6/c1-27-14-4-2-3-13(8-14)21-15(23)10-28-16(24)9-22-19(25)17-11-5-6-12(7-11)18(17)20(22)26/h2-4,8,11-12,17-18H,5-7,9-10H2,1H3,(H,21,23)/t11-,12-,17-,18-/m0/s1. The number of nitrogens with one attached hydrogen (secondary N) is 1. The van der Waals surface area contributed by atoms with Crippen LogP contribution in [0, 0.1) is 23.7 Å². The van der Waals surface area contributed by atoms with Gasteiger partial charge < -0.3 is 14.8 Å². The molecule has 148 valence electrons. The van der Waals surface area contributed by atoms with Crippen LogP contribution in [0.3, 0.4) is 0 Å². The van der Waals surface area contributed by atoms with Gasteiger partial charge in [0.1, 0.15) is 12.3 Å². The topological polar surface area (TPSA) is 102 Å². The SMILES string of the molecule is COc1cccc(NC(=O)COC(=O)CN2C(=O)[C@H]3[C@H]4CC[C@@H](C4)[C@@H]3C2=O)c1. The van der Waals surface area contributed by atoms with E-state index in [2.05, 4.69) is 5.32 Å². The average Bonchev–Trinajstić information content (AvgIpc) is 3.36. The van der Waals surface area contributed by atoms with Crippen molar-refractivity contribution in [1.82, 2.24) is 4.90 Å². The molecule has 1 saturated heterocycles. The third-order valence-corrected chi connectivity index (χ3v) is 6.02. The van der Waals surface area contributed by atoms with Gasteiger partial charge in [0.25, 0.3) is 5.91 Å². The van der Waals surface area contributed by atoms with Gasteiger partial charge in [0.2, 0.25) is 11.8 Å². The number of ether oxygens (including phenoxy) is 2. The van der Waals surface area contributed by atoms with Gasteiger partial charge in [0.05, 0.1) is 18.9 Å². The Morgan fingerprint density at radius 2 is 1.82 bits per heavy atom. The number of hydrogen-bond acceptors (Lipinski definition) is 6. The van der Waals surface area contributed by atoms with Crippen molar-refractivity contribution in [3.05, 3.63) is 24.3 Å². The minimum atomic E-state index is -0.769. The van der Waals surface area contributed by atoms with E-state index in [0.717, 1.165) is 24.2 Å². The maximum Gasteiger partial charge on any atom is 0.326 e. The van der Waals surface area contributed by atoms with E-state index in [1.165, 1.54) is 7.11 Å². The summed E-state index contributed by atoms with van der Waals surface area (Å²) in [6, 6.07) is 6.77. The number of hydrogen-bond donors (Lipinski definition) is 1. The molecule has 4 rings (SSSR count). The summed E-state index contributed by atoms with van der Waals surface area (Å²) < 4.78 is 10.0. The molecule has 3 amide bonds. The lowest BCUT2D eigenvalue weighted by atomic mass is 9.81. The quantitative estimate of drug-likeness (QED) is 0.582. The highest BCUT2D eigenvalue weighted by Gasteiger charge is 2.61. The van der Waals surface area contributed by atoms with Crippen LogP contribution in [-0.2, 0) is 23.9 Å². The first-order valence-electron chi connectivity index (χ1n) is 9.42. The number of benzene rings is 1. The summed E-state index contributed by atoms with van der Waals surface area (Å²) in [6.45, 7) is -0.930. The van der Waals surface area contributed by atoms with Crippen molar-refractivity contribution in [2.45, 2.75) is 19.3 Å². The van der Waals surface area contributed by atoms with E-state index in [4.69, 9.17) is 9.47 Å². The van der Waals surface area contributed by atoms with E-state index >= 15 is 0 Å². The molecule has 2 aliphatic carbocycles. The van der Waals surface area contributed by atoms with Crippen molar-refractivity contribution in [2.24, 2.45) is 23.7 Å². The Morgan fingerprint density at radius 3 is 2.46 bits per heavy atom. The minimum absolute atomic E-state index is 0.264. The van der Waals surface area contributed by atoms with E-state index in [0.29, 0.717) is 11.4 Å². The van der Waals surface area contributed by atoms with Gasteiger partial charge in [-0.05, 0) is 43.2 Å². The van der Waals surface area contributed by atoms with Crippen molar-refractivity contribution >= 4 is 29.4 Å². The maximum atomic E-state index is 12.6. The first-order valence-corrected chi connectivity index (χ1v) is 9.42. The largest absolute Gasteiger partial charge is 0.497 e. The summed E-state index contributed by atoms with van der Waals surface area (Å²) in [6.07, 6.45) is 2.90. The number of rotatable bonds is 6. The maximum absolute atomic E-state index is 12.6. The molecule has 1 N–H and O–H groups in total. The van der Waals surface area contributed by atoms with Gasteiger partial charge in [-0.1, -0.05) is 6.07 Å². The number of methoxy groups -OCH3 is 1. The van der Waals surface area contributed by atoms with Crippen molar-refractivity contribution in [3.63, 3.8) is 0 Å². The Kier molecular flexibility index (Phi) is 4.78. The summed E-state index contributed by atoms with van der Waals surface area (Å²) in [5.74, 6) is -1.24. The lowest BCUT2D eigenvalue weighted by Crippen LogP contribution is -2.38. The van der Waals surface area contributed by atoms with Gasteiger partial charge >= 0.3 is 5.97 Å². The van der Waals surface area contributed by atoms with Crippen molar-refractivity contribution in [3.8, 4) is 5.75 Å². The summed E-state index contributed by atoms with van der Waals surface area (Å²) in [5, 5.41) is 2.59. The molecule has 0 aromatic heterocycles. The molecular formula is C20H22N2O6. The molecule has 28 heavy (non-hydrogen) atoms. The number of esters is 1. The molecule has 0 unspecified atom stereocenters. The van der Waals surface area contributed by atoms with E-state index in [-0.39, 0.29) is 35.5 Å². The summed E-state index contributed by atoms with van der Waals surface area (Å²) in [7, 11) is 1.52. The van der Waals surface area contributed by atoms with Crippen LogP contribution in [-0.4, -0.2) is 48.9 Å². The smallest absolute Gasteiger partial charge is 0.326 e. The normalized spacial score (nSPS) is 27.7. The van der Waals surface area contributed by atoms with Crippen LogP contribution >= 0.6 is 0 Å². The van der Waals surface area contributed by atoms with E-state index in [9.17, 15) is 19.2 Å². The van der Waals surface area contributed by atoms with E-state index < -0.39 is 25.0 Å². The third-order valence-electron chi connectivity index (χ3n) is 6.02. The Hall–Kier alpha value is -2.90. The molecule has 0 spiro atoms. The number of anilines is 1. The molecule has 8 heteroatoms. The van der Waals surface area contributed by atoms with Crippen LogP contribution in [0.4, 0.5) is 5.69 Å². The summed E-state index contributed by atoms with van der Waals surface area (Å²) in [4.78, 5) is 50.2. The van der Waals surface area contributed by atoms with Crippen LogP contribution in [0.5, 0.6) is 5.75 Å². The fourth-order valence-corrected chi connectivity index (χ4v) is 4.84. The first-order chi connectivity index (χ1) is 13.5. The molecule has 1 aliphatic heterocycles. The van der Waals surface area contributed by atoms with Crippen molar-refractivity contribution in [2.75, 3.05) is 25.6 Å². The van der Waals surface area contributed by atoms with Crippen LogP contribution in [0.15, 0.2) is 24.3 Å². The molecule has 1 heterocycles. The van der Waals surface area contributed by atoms with E-state index in [1.54, 1.807) is 24.3 Å². The number of likely N-dealkylation sites (tertiary alicyclic amines) is 1. The predicted octanol–water partition coefficient (Wildman–Crippen LogP) is 1.21. The number of amides is 3. The highest BCUT2D eigenvalue weighted by molar-refractivity contribution is 6.07. The zero-order valence-electron chi connectivity index (χ0n) is 15.6. The highest BCUT2D eigenvalue weighted by atomic mass is 16.5. The lowest BCUT2D eigenvalue weighted by Gasteiger charge is -2.19. The van der Waals surface area contributed by atoms with Gasteiger partial charge in [0.15, 0.2) is 6.61 Å². The Morgan fingerprint density at radius 1 is 1.14 bits per heavy atom. The van der Waals surface area contributed by atoms with Crippen LogP contribution in [0.25, 0.3) is 0 Å². The molecular weight excluding hydrogens is 364 g/mol. The molecule has 1 aromatic rings. The molecule has 2 bridgehead atoms. The Bertz CT molecular complexity index is 810. The summed E-state index contributed by atoms with van der Waals surface area (Å²) in [5.41, 5.74) is 0.508. The number of nitrogens with zero attached hydrogens (tertiary/aromatic N) is 1. The molecule has 2 saturated carbocycles. The zero-order chi connectivity index (χ0) is 19.8. The monoisotopic (exact) mass is 386 g/mol. The molecule has 0 radical (unpaired) electrons. The minimum Gasteiger partial charge on any atom is -0.497 e. The van der Waals surface area contributed by atoms with Crippen LogP contribution < -0.4 is 10.1 Å². The van der Waals surface area contributed by atoms with Crippen molar-refractivity contribution < 1.29 is 28.7 Å². The van der Waals surface area contributed by atoms with Gasteiger partial charge in [-0.25, -0.2) is 0 Å². The highest BCUT2D eigenvalue weighted by Crippen LogP contribution is 2.56. The Labute approximate surface area is 162 Å². The van der Waals surface area contributed by atoms with Crippen molar-refractivity contribution in [1.29, 1.82) is 0 Å². The van der Waals surface area contributed by atoms with Crippen LogP contribution in [0.2, 0.25) is 0 Å². The van der Waals surface area contributed by atoms with Gasteiger partial charge in [-0.15, -0.1) is 0 Å². The molecule has 8 nitrogen and oxygen atoms in total. The number of carbonyl (C=O) groups is 4. The fraction of sp³-hybridized carbons (Fsp3) is 0.500. The Balaban J connectivity index is 1.28. The predicted molar refractivity (Wildman–Crippen MR) is 97.1 cm³/mol. The van der Waals surface area contributed by atoms with Gasteiger partial charge in [-0.2, -0.15) is 0 Å². The third kappa shape index (κ3) is 3.23. The first kappa shape index (κ1) is 18.5. The van der Waals surface area contributed by atoms with Gasteiger partial charge in [-0.3, -0.25) is 24.1 Å². The zero-order valence-corrected chi connectivity index (χ0v) is 15.6. The average molecular weight is 386 g/mol.